The van der Waals surface area contributed by atoms with E-state index >= 15 is 0 Å². The van der Waals surface area contributed by atoms with Crippen molar-refractivity contribution in [2.24, 2.45) is 0 Å². The maximum atomic E-state index is 6.38. The molecule has 0 aliphatic carbocycles. The zero-order chi connectivity index (χ0) is 18.2. The van der Waals surface area contributed by atoms with Crippen LogP contribution in [0.2, 0.25) is 5.02 Å². The smallest absolute Gasteiger partial charge is 0.180 e. The zero-order valence-corrected chi connectivity index (χ0v) is 16.3. The van der Waals surface area contributed by atoms with Crippen LogP contribution in [0, 0.1) is 0 Å². The van der Waals surface area contributed by atoms with Gasteiger partial charge in [-0.15, -0.1) is 0 Å². The van der Waals surface area contributed by atoms with Crippen molar-refractivity contribution >= 4 is 11.6 Å². The number of halogens is 1. The molecule has 0 saturated carbocycles. The minimum Gasteiger partial charge on any atom is -0.493 e. The molecule has 0 heterocycles. The van der Waals surface area contributed by atoms with Crippen molar-refractivity contribution in [3.8, 4) is 11.5 Å². The fraction of sp³-hybridized carbons (Fsp3) is 0.429. The van der Waals surface area contributed by atoms with Gasteiger partial charge in [-0.2, -0.15) is 0 Å². The average molecular weight is 362 g/mol. The highest BCUT2D eigenvalue weighted by Crippen LogP contribution is 2.37. The first-order chi connectivity index (χ1) is 12.0. The summed E-state index contributed by atoms with van der Waals surface area (Å²) >= 11 is 6.38. The third kappa shape index (κ3) is 6.26. The van der Waals surface area contributed by atoms with Crippen LogP contribution in [0.3, 0.4) is 0 Å². The van der Waals surface area contributed by atoms with Crippen LogP contribution in [0.5, 0.6) is 11.5 Å². The van der Waals surface area contributed by atoms with Gasteiger partial charge in [-0.05, 0) is 56.9 Å². The summed E-state index contributed by atoms with van der Waals surface area (Å²) in [6.45, 7) is 6.89. The Morgan fingerprint density at radius 1 is 1.04 bits per heavy atom. The lowest BCUT2D eigenvalue weighted by Gasteiger charge is -2.18. The van der Waals surface area contributed by atoms with E-state index in [1.807, 2.05) is 26.0 Å². The van der Waals surface area contributed by atoms with Gasteiger partial charge in [0.1, 0.15) is 0 Å². The van der Waals surface area contributed by atoms with E-state index in [0.717, 1.165) is 24.9 Å². The van der Waals surface area contributed by atoms with E-state index in [-0.39, 0.29) is 6.10 Å². The SMILES string of the molecule is COc1cc(CN[C@H](C)CCc2ccccc2)cc(Cl)c1OC(C)C. The fourth-order valence-electron chi connectivity index (χ4n) is 2.65. The molecule has 0 fully saturated rings. The minimum absolute atomic E-state index is 0.0494. The number of rotatable bonds is 9. The molecule has 1 N–H and O–H groups in total. The normalized spacial score (nSPS) is 12.2. The lowest BCUT2D eigenvalue weighted by Crippen LogP contribution is -2.26. The standard InChI is InChI=1S/C21H28ClNO2/c1-15(2)25-21-19(22)12-18(13-20(21)24-4)14-23-16(3)10-11-17-8-6-5-7-9-17/h5-9,12-13,15-16,23H,10-11,14H2,1-4H3/t16-/m1/s1. The van der Waals surface area contributed by atoms with Crippen molar-refractivity contribution in [3.05, 3.63) is 58.6 Å². The molecule has 0 saturated heterocycles. The maximum absolute atomic E-state index is 6.38. The van der Waals surface area contributed by atoms with Crippen LogP contribution >= 0.6 is 11.6 Å². The third-order valence-electron chi connectivity index (χ3n) is 4.01. The molecule has 0 aliphatic heterocycles. The van der Waals surface area contributed by atoms with Gasteiger partial charge >= 0.3 is 0 Å². The van der Waals surface area contributed by atoms with Gasteiger partial charge in [0.25, 0.3) is 0 Å². The van der Waals surface area contributed by atoms with Crippen LogP contribution in [0.15, 0.2) is 42.5 Å². The van der Waals surface area contributed by atoms with Crippen LogP contribution < -0.4 is 14.8 Å². The van der Waals surface area contributed by atoms with Crippen molar-refractivity contribution in [2.45, 2.75) is 52.3 Å². The van der Waals surface area contributed by atoms with Crippen LogP contribution in [0.1, 0.15) is 38.3 Å². The molecule has 2 aromatic rings. The van der Waals surface area contributed by atoms with Crippen LogP contribution in [0.25, 0.3) is 0 Å². The highest BCUT2D eigenvalue weighted by Gasteiger charge is 2.14. The summed E-state index contributed by atoms with van der Waals surface area (Å²) < 4.78 is 11.2. The Balaban J connectivity index is 1.92. The molecule has 0 unspecified atom stereocenters. The van der Waals surface area contributed by atoms with E-state index in [4.69, 9.17) is 21.1 Å². The van der Waals surface area contributed by atoms with E-state index in [1.54, 1.807) is 7.11 Å². The Morgan fingerprint density at radius 2 is 1.76 bits per heavy atom. The Hall–Kier alpha value is -1.71. The molecule has 0 aromatic heterocycles. The Morgan fingerprint density at radius 3 is 2.40 bits per heavy atom. The van der Waals surface area contributed by atoms with Gasteiger partial charge in [0.2, 0.25) is 0 Å². The monoisotopic (exact) mass is 361 g/mol. The van der Waals surface area contributed by atoms with E-state index in [0.29, 0.717) is 22.6 Å². The molecule has 2 aromatic carbocycles. The van der Waals surface area contributed by atoms with Gasteiger partial charge in [-0.1, -0.05) is 41.9 Å². The molecule has 2 rings (SSSR count). The van der Waals surface area contributed by atoms with Crippen LogP contribution in [0.4, 0.5) is 0 Å². The van der Waals surface area contributed by atoms with Gasteiger partial charge in [0.15, 0.2) is 11.5 Å². The third-order valence-corrected chi connectivity index (χ3v) is 4.29. The van der Waals surface area contributed by atoms with Crippen molar-refractivity contribution in [1.29, 1.82) is 0 Å². The highest BCUT2D eigenvalue weighted by molar-refractivity contribution is 6.32. The molecule has 0 spiro atoms. The Bertz CT molecular complexity index is 658. The number of benzene rings is 2. The number of ether oxygens (including phenoxy) is 2. The summed E-state index contributed by atoms with van der Waals surface area (Å²) in [5.74, 6) is 1.29. The van der Waals surface area contributed by atoms with Crippen molar-refractivity contribution in [3.63, 3.8) is 0 Å². The summed E-state index contributed by atoms with van der Waals surface area (Å²) in [6, 6.07) is 14.9. The number of hydrogen-bond acceptors (Lipinski definition) is 3. The second-order valence-electron chi connectivity index (χ2n) is 6.58. The molecule has 136 valence electrons. The summed E-state index contributed by atoms with van der Waals surface area (Å²) in [5, 5.41) is 4.14. The predicted octanol–water partition coefficient (Wildman–Crippen LogP) is 5.25. The lowest BCUT2D eigenvalue weighted by molar-refractivity contribution is 0.230. The number of methoxy groups -OCH3 is 1. The van der Waals surface area contributed by atoms with Gasteiger partial charge < -0.3 is 14.8 Å². The molecule has 0 aliphatic rings. The zero-order valence-electron chi connectivity index (χ0n) is 15.5. The molecule has 1 atom stereocenters. The van der Waals surface area contributed by atoms with Crippen molar-refractivity contribution in [2.75, 3.05) is 7.11 Å². The second kappa shape index (κ2) is 9.69. The molecule has 0 amide bonds. The summed E-state index contributed by atoms with van der Waals surface area (Å²) in [4.78, 5) is 0. The first-order valence-electron chi connectivity index (χ1n) is 8.80. The lowest BCUT2D eigenvalue weighted by atomic mass is 10.1. The van der Waals surface area contributed by atoms with Gasteiger partial charge in [0.05, 0.1) is 18.2 Å². The van der Waals surface area contributed by atoms with E-state index in [2.05, 4.69) is 42.6 Å². The number of hydrogen-bond donors (Lipinski definition) is 1. The molecule has 25 heavy (non-hydrogen) atoms. The second-order valence-corrected chi connectivity index (χ2v) is 6.99. The quantitative estimate of drug-likeness (QED) is 0.662. The van der Waals surface area contributed by atoms with E-state index in [1.165, 1.54) is 5.56 Å². The maximum Gasteiger partial charge on any atom is 0.180 e. The van der Waals surface area contributed by atoms with E-state index < -0.39 is 0 Å². The fourth-order valence-corrected chi connectivity index (χ4v) is 2.93. The number of aryl methyl sites for hydroxylation is 1. The largest absolute Gasteiger partial charge is 0.493 e. The van der Waals surface area contributed by atoms with Crippen LogP contribution in [-0.2, 0) is 13.0 Å². The predicted molar refractivity (Wildman–Crippen MR) is 105 cm³/mol. The highest BCUT2D eigenvalue weighted by atomic mass is 35.5. The average Bonchev–Trinajstić information content (AvgIpc) is 2.60. The summed E-state index contributed by atoms with van der Waals surface area (Å²) in [7, 11) is 1.64. The number of nitrogens with one attached hydrogen (secondary N) is 1. The molecule has 0 radical (unpaired) electrons. The van der Waals surface area contributed by atoms with E-state index in [9.17, 15) is 0 Å². The van der Waals surface area contributed by atoms with Crippen molar-refractivity contribution < 1.29 is 9.47 Å². The minimum atomic E-state index is 0.0494. The summed E-state index contributed by atoms with van der Waals surface area (Å²) in [5.41, 5.74) is 2.46. The Kier molecular flexibility index (Phi) is 7.60. The van der Waals surface area contributed by atoms with Crippen LogP contribution in [-0.4, -0.2) is 19.3 Å². The van der Waals surface area contributed by atoms with Gasteiger partial charge in [-0.3, -0.25) is 0 Å². The Labute approximate surface area is 156 Å². The van der Waals surface area contributed by atoms with Gasteiger partial charge in [-0.25, -0.2) is 0 Å². The molecule has 3 nitrogen and oxygen atoms in total. The molecular formula is C21H28ClNO2. The first-order valence-corrected chi connectivity index (χ1v) is 9.17. The van der Waals surface area contributed by atoms with Crippen molar-refractivity contribution in [1.82, 2.24) is 5.32 Å². The molecule has 0 bridgehead atoms. The first kappa shape index (κ1) is 19.6. The topological polar surface area (TPSA) is 30.5 Å². The summed E-state index contributed by atoms with van der Waals surface area (Å²) in [6.07, 6.45) is 2.21. The molecule has 4 heteroatoms. The van der Waals surface area contributed by atoms with Gasteiger partial charge in [0, 0.05) is 12.6 Å². The molecular weight excluding hydrogens is 334 g/mol.